The van der Waals surface area contributed by atoms with Gasteiger partial charge in [-0.25, -0.2) is 0 Å². The first kappa shape index (κ1) is 35.3. The molecule has 0 fully saturated rings. The van der Waals surface area contributed by atoms with Crippen LogP contribution in [0.1, 0.15) is 22.3 Å². The summed E-state index contributed by atoms with van der Waals surface area (Å²) in [6.45, 7) is 0. The third kappa shape index (κ3) is 4.30. The van der Waals surface area contributed by atoms with Crippen LogP contribution < -0.4 is 30.5 Å². The van der Waals surface area contributed by atoms with Crippen LogP contribution in [0.25, 0.3) is 44.2 Å². The topological polar surface area (TPSA) is 19.6 Å². The molecule has 2 spiro atoms. The average molecular weight is 843 g/mol. The maximum Gasteiger partial charge on any atom is 0.182 e. The molecular formula is C61H38N2OSi. The molecule has 0 atom stereocenters. The van der Waals surface area contributed by atoms with Crippen molar-refractivity contribution in [3.8, 4) is 22.3 Å². The SMILES string of the molecule is c1ccc(N2c3ccccc3C3(c4ccccc42)c2ccccc2N(c2ccc4c(c2)[Si]2(c5ccccc5-c5ccccc52)c2ccccc2-4)c2cc4oc5ccccc5c4cc23)cc1. The van der Waals surface area contributed by atoms with Crippen LogP contribution in [-0.2, 0) is 5.41 Å². The van der Waals surface area contributed by atoms with Crippen molar-refractivity contribution < 1.29 is 4.42 Å². The van der Waals surface area contributed by atoms with E-state index in [2.05, 4.69) is 240 Å². The van der Waals surface area contributed by atoms with Gasteiger partial charge in [0.25, 0.3) is 0 Å². The predicted octanol–water partition coefficient (Wildman–Crippen LogP) is 12.9. The molecule has 65 heavy (non-hydrogen) atoms. The molecule has 0 radical (unpaired) electrons. The standard InChI is InChI=1S/C61H38N2OSi/c1-2-18-39(19-3-1)62-51-27-11-8-24-47(51)61(48-25-9-12-28-52(48)62)49-26-10-13-29-53(49)63(54-38-56-46(37-50(54)61)41-20-4-14-30-55(41)64-56)40-34-35-45-44-23-7-17-33-59(44)65(60(45)36-40)57-31-15-5-21-42(57)43-22-6-16-32-58(43)65/h1-38H. The average Bonchev–Trinajstić information content (AvgIpc) is 3.99. The van der Waals surface area contributed by atoms with Gasteiger partial charge in [-0.2, -0.15) is 0 Å². The molecule has 3 nitrogen and oxygen atoms in total. The minimum atomic E-state index is -2.72. The Morgan fingerprint density at radius 1 is 0.308 bits per heavy atom. The quantitative estimate of drug-likeness (QED) is 0.162. The van der Waals surface area contributed by atoms with Crippen molar-refractivity contribution in [1.29, 1.82) is 0 Å². The predicted molar refractivity (Wildman–Crippen MR) is 270 cm³/mol. The largest absolute Gasteiger partial charge is 0.456 e. The molecule has 0 saturated carbocycles. The number of para-hydroxylation sites is 5. The summed E-state index contributed by atoms with van der Waals surface area (Å²) in [7, 11) is -2.72. The van der Waals surface area contributed by atoms with E-state index in [-0.39, 0.29) is 0 Å². The fourth-order valence-corrected chi connectivity index (χ4v) is 18.3. The molecule has 0 saturated heterocycles. The first-order valence-electron chi connectivity index (χ1n) is 22.6. The summed E-state index contributed by atoms with van der Waals surface area (Å²) in [5.74, 6) is 0. The second-order valence-corrected chi connectivity index (χ2v) is 21.5. The molecule has 0 N–H and O–H groups in total. The maximum atomic E-state index is 6.82. The van der Waals surface area contributed by atoms with E-state index in [4.69, 9.17) is 4.42 Å². The Hall–Kier alpha value is -8.18. The molecule has 4 heteroatoms. The molecule has 4 aliphatic heterocycles. The molecule has 0 bridgehead atoms. The zero-order valence-corrected chi connectivity index (χ0v) is 36.2. The van der Waals surface area contributed by atoms with Crippen LogP contribution >= 0.6 is 0 Å². The highest BCUT2D eigenvalue weighted by Gasteiger charge is 2.55. The van der Waals surface area contributed by atoms with Crippen LogP contribution in [-0.4, -0.2) is 8.07 Å². The van der Waals surface area contributed by atoms with Gasteiger partial charge in [0, 0.05) is 28.2 Å². The second kappa shape index (κ2) is 12.7. The first-order valence-corrected chi connectivity index (χ1v) is 24.6. The van der Waals surface area contributed by atoms with E-state index < -0.39 is 13.5 Å². The Labute approximate surface area is 377 Å². The minimum Gasteiger partial charge on any atom is -0.456 e. The highest BCUT2D eigenvalue weighted by molar-refractivity contribution is 7.24. The monoisotopic (exact) mass is 842 g/mol. The van der Waals surface area contributed by atoms with Gasteiger partial charge in [-0.1, -0.05) is 170 Å². The van der Waals surface area contributed by atoms with Gasteiger partial charge in [-0.3, -0.25) is 0 Å². The van der Waals surface area contributed by atoms with Gasteiger partial charge in [0.1, 0.15) is 11.2 Å². The fourth-order valence-electron chi connectivity index (χ4n) is 12.7. The lowest BCUT2D eigenvalue weighted by molar-refractivity contribution is 0.667. The van der Waals surface area contributed by atoms with E-state index in [0.29, 0.717) is 0 Å². The van der Waals surface area contributed by atoms with Crippen LogP contribution in [0.4, 0.5) is 34.1 Å². The van der Waals surface area contributed by atoms with Crippen LogP contribution in [0.5, 0.6) is 0 Å². The Balaban J connectivity index is 1.06. The van der Waals surface area contributed by atoms with E-state index in [1.165, 1.54) is 76.6 Å². The molecule has 1 aromatic heterocycles. The van der Waals surface area contributed by atoms with Gasteiger partial charge in [0.2, 0.25) is 0 Å². The second-order valence-electron chi connectivity index (χ2n) is 17.9. The lowest BCUT2D eigenvalue weighted by Crippen LogP contribution is -2.70. The van der Waals surface area contributed by atoms with Gasteiger partial charge in [-0.05, 0) is 120 Å². The zero-order valence-electron chi connectivity index (χ0n) is 35.2. The first-order chi connectivity index (χ1) is 32.3. The van der Waals surface area contributed by atoms with Crippen molar-refractivity contribution in [2.75, 3.05) is 9.80 Å². The number of hydrogen-bond acceptors (Lipinski definition) is 3. The molecule has 0 amide bonds. The molecular weight excluding hydrogens is 805 g/mol. The van der Waals surface area contributed by atoms with E-state index in [1.54, 1.807) is 0 Å². The molecule has 4 aliphatic rings. The van der Waals surface area contributed by atoms with Crippen molar-refractivity contribution in [3.63, 3.8) is 0 Å². The highest BCUT2D eigenvalue weighted by atomic mass is 28.3. The van der Waals surface area contributed by atoms with Crippen LogP contribution in [0.3, 0.4) is 0 Å². The summed E-state index contributed by atoms with van der Waals surface area (Å²) >= 11 is 0. The van der Waals surface area contributed by atoms with Crippen molar-refractivity contribution >= 4 is 84.9 Å². The van der Waals surface area contributed by atoms with E-state index in [9.17, 15) is 0 Å². The smallest absolute Gasteiger partial charge is 0.182 e. The summed E-state index contributed by atoms with van der Waals surface area (Å²) in [4.78, 5) is 5.01. The number of anilines is 6. The Morgan fingerprint density at radius 2 is 0.785 bits per heavy atom. The minimum absolute atomic E-state index is 0.681. The molecule has 0 aliphatic carbocycles. The van der Waals surface area contributed by atoms with Gasteiger partial charge in [0.15, 0.2) is 8.07 Å². The summed E-state index contributed by atoms with van der Waals surface area (Å²) in [5, 5.41) is 8.12. The number of benzene rings is 10. The molecule has 302 valence electrons. The normalized spacial score (nSPS) is 15.0. The molecule has 0 unspecified atom stereocenters. The van der Waals surface area contributed by atoms with E-state index in [0.717, 1.165) is 44.7 Å². The van der Waals surface area contributed by atoms with Crippen LogP contribution in [0.2, 0.25) is 0 Å². The summed E-state index contributed by atoms with van der Waals surface area (Å²) < 4.78 is 6.82. The lowest BCUT2D eigenvalue weighted by atomic mass is 9.60. The van der Waals surface area contributed by atoms with Crippen molar-refractivity contribution in [3.05, 3.63) is 253 Å². The highest BCUT2D eigenvalue weighted by Crippen LogP contribution is 2.64. The van der Waals surface area contributed by atoms with Gasteiger partial charge in [-0.15, -0.1) is 0 Å². The molecule has 15 rings (SSSR count). The molecule has 10 aromatic carbocycles. The van der Waals surface area contributed by atoms with E-state index >= 15 is 0 Å². The van der Waals surface area contributed by atoms with Crippen LogP contribution in [0.15, 0.2) is 235 Å². The van der Waals surface area contributed by atoms with Crippen LogP contribution in [0, 0.1) is 0 Å². The number of rotatable bonds is 2. The Bertz CT molecular complexity index is 3720. The summed E-state index contributed by atoms with van der Waals surface area (Å²) in [5.41, 5.74) is 18.4. The van der Waals surface area contributed by atoms with Crippen molar-refractivity contribution in [2.24, 2.45) is 0 Å². The third-order valence-electron chi connectivity index (χ3n) is 15.0. The fraction of sp³-hybridized carbons (Fsp3) is 0.0164. The molecule has 11 aromatic rings. The summed E-state index contributed by atoms with van der Waals surface area (Å²) in [6, 6.07) is 86.5. The lowest BCUT2D eigenvalue weighted by Gasteiger charge is -2.51. The third-order valence-corrected chi connectivity index (χ3v) is 20.0. The number of furan rings is 1. The zero-order chi connectivity index (χ0) is 42.4. The Kier molecular flexibility index (Phi) is 6.91. The number of hydrogen-bond donors (Lipinski definition) is 0. The van der Waals surface area contributed by atoms with Gasteiger partial charge in [0.05, 0.1) is 28.2 Å². The number of nitrogens with zero attached hydrogens (tertiary/aromatic N) is 2. The number of fused-ring (bicyclic) bond motifs is 21. The van der Waals surface area contributed by atoms with Gasteiger partial charge < -0.3 is 14.2 Å². The summed E-state index contributed by atoms with van der Waals surface area (Å²) in [6.07, 6.45) is 0. The van der Waals surface area contributed by atoms with Gasteiger partial charge >= 0.3 is 0 Å². The molecule has 5 heterocycles. The maximum absolute atomic E-state index is 6.82. The van der Waals surface area contributed by atoms with Crippen molar-refractivity contribution in [1.82, 2.24) is 0 Å². The Morgan fingerprint density at radius 3 is 1.38 bits per heavy atom. The van der Waals surface area contributed by atoms with E-state index in [1.807, 2.05) is 0 Å². The van der Waals surface area contributed by atoms with Crippen molar-refractivity contribution in [2.45, 2.75) is 5.41 Å².